The lowest BCUT2D eigenvalue weighted by Gasteiger charge is -2.22. The summed E-state index contributed by atoms with van der Waals surface area (Å²) in [6, 6.07) is 14.7. The first-order chi connectivity index (χ1) is 13.2. The number of Topliss-reactive ketones (excluding diaryl/α,β-unsaturated/α-hetero) is 1. The number of hydrogen-bond donors (Lipinski definition) is 0. The molecule has 138 valence electrons. The van der Waals surface area contributed by atoms with Gasteiger partial charge in [0.1, 0.15) is 11.5 Å². The second-order valence-corrected chi connectivity index (χ2v) is 7.71. The van der Waals surface area contributed by atoms with Gasteiger partial charge < -0.3 is 4.74 Å². The average Bonchev–Trinajstić information content (AvgIpc) is 2.70. The van der Waals surface area contributed by atoms with E-state index in [9.17, 15) is 9.59 Å². The molecule has 1 heterocycles. The summed E-state index contributed by atoms with van der Waals surface area (Å²) in [5.41, 5.74) is 1.12. The van der Waals surface area contributed by atoms with Gasteiger partial charge in [0.2, 0.25) is 0 Å². The highest BCUT2D eigenvalue weighted by molar-refractivity contribution is 8.00. The highest BCUT2D eigenvalue weighted by Gasteiger charge is 2.26. The Morgan fingerprint density at radius 3 is 2.67 bits per heavy atom. The first-order valence-corrected chi connectivity index (χ1v) is 9.91. The second-order valence-electron chi connectivity index (χ2n) is 6.54. The topological polar surface area (TPSA) is 61.2 Å². The molecule has 1 atom stereocenters. The highest BCUT2D eigenvalue weighted by atomic mass is 32.2. The van der Waals surface area contributed by atoms with E-state index in [2.05, 4.69) is 0 Å². The van der Waals surface area contributed by atoms with Crippen molar-refractivity contribution in [1.29, 1.82) is 0 Å². The summed E-state index contributed by atoms with van der Waals surface area (Å²) in [6.45, 7) is 0. The van der Waals surface area contributed by atoms with Crippen LogP contribution in [0.4, 0.5) is 0 Å². The zero-order chi connectivity index (χ0) is 18.8. The van der Waals surface area contributed by atoms with Crippen LogP contribution < -0.4 is 10.3 Å². The van der Waals surface area contributed by atoms with E-state index in [0.717, 1.165) is 19.3 Å². The zero-order valence-electron chi connectivity index (χ0n) is 15.1. The first kappa shape index (κ1) is 17.8. The summed E-state index contributed by atoms with van der Waals surface area (Å²) in [4.78, 5) is 30.4. The molecule has 0 unspecified atom stereocenters. The molecule has 0 saturated heterocycles. The van der Waals surface area contributed by atoms with Crippen LogP contribution in [0.25, 0.3) is 16.6 Å². The van der Waals surface area contributed by atoms with Crippen molar-refractivity contribution in [1.82, 2.24) is 9.55 Å². The number of carbonyl (C=O) groups excluding carboxylic acids is 1. The van der Waals surface area contributed by atoms with Gasteiger partial charge in [-0.1, -0.05) is 42.4 Å². The lowest BCUT2D eigenvalue weighted by molar-refractivity contribution is -0.119. The second kappa shape index (κ2) is 7.56. The van der Waals surface area contributed by atoms with Crippen LogP contribution in [-0.2, 0) is 4.79 Å². The van der Waals surface area contributed by atoms with Gasteiger partial charge in [-0.2, -0.15) is 0 Å². The molecule has 1 aliphatic rings. The van der Waals surface area contributed by atoms with E-state index in [1.807, 2.05) is 42.5 Å². The van der Waals surface area contributed by atoms with Crippen LogP contribution in [0.15, 0.2) is 58.5 Å². The number of hydrogen-bond acceptors (Lipinski definition) is 5. The molecule has 2 aromatic carbocycles. The van der Waals surface area contributed by atoms with Crippen molar-refractivity contribution in [3.8, 4) is 11.4 Å². The lowest BCUT2D eigenvalue weighted by atomic mass is 9.99. The maximum atomic E-state index is 13.3. The van der Waals surface area contributed by atoms with Gasteiger partial charge in [0.05, 0.1) is 29.0 Å². The normalized spacial score (nSPS) is 17.2. The standard InChI is InChI=1S/C21H20N2O3S/c1-26-18-12-6-4-10-16(18)23-20(25)14-8-2-3-9-15(14)22-21(23)27-19-13-7-5-11-17(19)24/h2-4,6,8-10,12,19H,5,7,11,13H2,1H3/t19-/m1/s1. The Bertz CT molecular complexity index is 1060. The molecular weight excluding hydrogens is 360 g/mol. The Labute approximate surface area is 161 Å². The van der Waals surface area contributed by atoms with E-state index in [-0.39, 0.29) is 16.6 Å². The molecule has 0 bridgehead atoms. The molecule has 0 amide bonds. The van der Waals surface area contributed by atoms with Crippen molar-refractivity contribution in [2.45, 2.75) is 36.1 Å². The van der Waals surface area contributed by atoms with Crippen LogP contribution >= 0.6 is 11.8 Å². The molecule has 6 heteroatoms. The third-order valence-corrected chi connectivity index (χ3v) is 6.09. The maximum Gasteiger partial charge on any atom is 0.266 e. The molecular formula is C21H20N2O3S. The van der Waals surface area contributed by atoms with Gasteiger partial charge in [-0.3, -0.25) is 14.2 Å². The van der Waals surface area contributed by atoms with Gasteiger partial charge in [-0.25, -0.2) is 4.98 Å². The number of ketones is 1. The van der Waals surface area contributed by atoms with Crippen LogP contribution in [0.1, 0.15) is 25.7 Å². The largest absolute Gasteiger partial charge is 0.495 e. The van der Waals surface area contributed by atoms with E-state index in [0.29, 0.717) is 33.9 Å². The van der Waals surface area contributed by atoms with Gasteiger partial charge >= 0.3 is 0 Å². The van der Waals surface area contributed by atoms with Crippen molar-refractivity contribution in [2.24, 2.45) is 0 Å². The van der Waals surface area contributed by atoms with Crippen LogP contribution in [-0.4, -0.2) is 27.7 Å². The van der Waals surface area contributed by atoms with Gasteiger partial charge in [0, 0.05) is 6.42 Å². The minimum absolute atomic E-state index is 0.157. The smallest absolute Gasteiger partial charge is 0.266 e. The number of carbonyl (C=O) groups is 1. The Morgan fingerprint density at radius 2 is 1.85 bits per heavy atom. The SMILES string of the molecule is COc1ccccc1-n1c(S[C@@H]2CCCCC2=O)nc2ccccc2c1=O. The fraction of sp³-hybridized carbons (Fsp3) is 0.286. The molecule has 1 aliphatic carbocycles. The average molecular weight is 380 g/mol. The van der Waals surface area contributed by atoms with E-state index in [1.165, 1.54) is 11.8 Å². The summed E-state index contributed by atoms with van der Waals surface area (Å²) in [5, 5.41) is 0.916. The van der Waals surface area contributed by atoms with E-state index in [1.54, 1.807) is 17.7 Å². The molecule has 1 saturated carbocycles. The Morgan fingerprint density at radius 1 is 1.07 bits per heavy atom. The van der Waals surface area contributed by atoms with Crippen molar-refractivity contribution >= 4 is 28.4 Å². The summed E-state index contributed by atoms with van der Waals surface area (Å²) >= 11 is 1.39. The van der Waals surface area contributed by atoms with Gasteiger partial charge in [-0.05, 0) is 37.1 Å². The number of ether oxygens (including phenoxy) is 1. The minimum Gasteiger partial charge on any atom is -0.495 e. The number of nitrogens with zero attached hydrogens (tertiary/aromatic N) is 2. The van der Waals surface area contributed by atoms with E-state index in [4.69, 9.17) is 9.72 Å². The zero-order valence-corrected chi connectivity index (χ0v) is 15.9. The molecule has 1 fully saturated rings. The number of aromatic nitrogens is 2. The summed E-state index contributed by atoms with van der Waals surface area (Å²) in [6.07, 6.45) is 3.39. The van der Waals surface area contributed by atoms with Gasteiger partial charge in [0.25, 0.3) is 5.56 Å². The van der Waals surface area contributed by atoms with E-state index < -0.39 is 0 Å². The molecule has 5 nitrogen and oxygen atoms in total. The molecule has 4 rings (SSSR count). The van der Waals surface area contributed by atoms with Crippen molar-refractivity contribution in [2.75, 3.05) is 7.11 Å². The highest BCUT2D eigenvalue weighted by Crippen LogP contribution is 2.33. The predicted molar refractivity (Wildman–Crippen MR) is 107 cm³/mol. The number of methoxy groups -OCH3 is 1. The van der Waals surface area contributed by atoms with Crippen LogP contribution in [0.3, 0.4) is 0 Å². The molecule has 0 aliphatic heterocycles. The predicted octanol–water partition coefficient (Wildman–Crippen LogP) is 4.00. The lowest BCUT2D eigenvalue weighted by Crippen LogP contribution is -2.26. The number of fused-ring (bicyclic) bond motifs is 1. The van der Waals surface area contributed by atoms with E-state index >= 15 is 0 Å². The molecule has 0 N–H and O–H groups in total. The number of para-hydroxylation sites is 3. The summed E-state index contributed by atoms with van der Waals surface area (Å²) in [5.74, 6) is 0.828. The van der Waals surface area contributed by atoms with Crippen LogP contribution in [0, 0.1) is 0 Å². The van der Waals surface area contributed by atoms with Crippen LogP contribution in [0.5, 0.6) is 5.75 Å². The third-order valence-electron chi connectivity index (χ3n) is 4.82. The molecule has 0 spiro atoms. The van der Waals surface area contributed by atoms with Gasteiger partial charge in [-0.15, -0.1) is 0 Å². The number of rotatable bonds is 4. The fourth-order valence-electron chi connectivity index (χ4n) is 3.42. The Hall–Kier alpha value is -2.60. The Balaban J connectivity index is 1.93. The first-order valence-electron chi connectivity index (χ1n) is 9.03. The monoisotopic (exact) mass is 380 g/mol. The molecule has 3 aromatic rings. The molecule has 0 radical (unpaired) electrons. The van der Waals surface area contributed by atoms with Crippen molar-refractivity contribution in [3.05, 3.63) is 58.9 Å². The quantitative estimate of drug-likeness (QED) is 0.640. The molecule has 27 heavy (non-hydrogen) atoms. The fourth-order valence-corrected chi connectivity index (χ4v) is 4.65. The third kappa shape index (κ3) is 3.37. The van der Waals surface area contributed by atoms with Crippen LogP contribution in [0.2, 0.25) is 0 Å². The minimum atomic E-state index is -0.159. The molecule has 1 aromatic heterocycles. The number of benzene rings is 2. The summed E-state index contributed by atoms with van der Waals surface area (Å²) < 4.78 is 7.05. The van der Waals surface area contributed by atoms with Gasteiger partial charge in [0.15, 0.2) is 5.16 Å². The maximum absolute atomic E-state index is 13.3. The Kier molecular flexibility index (Phi) is 4.99. The number of thioether (sulfide) groups is 1. The van der Waals surface area contributed by atoms with Crippen molar-refractivity contribution < 1.29 is 9.53 Å². The van der Waals surface area contributed by atoms with Crippen molar-refractivity contribution in [3.63, 3.8) is 0 Å². The summed E-state index contributed by atoms with van der Waals surface area (Å²) in [7, 11) is 1.58.